The lowest BCUT2D eigenvalue weighted by atomic mass is 9.96. The number of carbonyl (C=O) groups is 1. The number of ether oxygens (including phenoxy) is 6. The zero-order chi connectivity index (χ0) is 52.7. The Balaban J connectivity index is 1.51. The highest BCUT2D eigenvalue weighted by molar-refractivity contribution is 5.76. The zero-order valence-electron chi connectivity index (χ0n) is 43.7. The van der Waals surface area contributed by atoms with Crippen molar-refractivity contribution in [2.24, 2.45) is 0 Å². The van der Waals surface area contributed by atoms with E-state index in [1.165, 1.54) is 96.3 Å². The SMILES string of the molecule is CCCCCCCC/C=C\CCCCCCCCCC(=O)NC(COC1OC(CO)C(OC2OC(CO)C(OC3OC(CO)C(O)C(O)C3O)C(O)C2O)C(O)C1O)C(O)CCCCCCCCCCCC. The molecule has 3 saturated heterocycles. The van der Waals surface area contributed by atoms with Crippen LogP contribution in [0.1, 0.15) is 187 Å². The molecule has 0 radical (unpaired) electrons. The molecule has 0 saturated carbocycles. The minimum Gasteiger partial charge on any atom is -0.394 e. The van der Waals surface area contributed by atoms with Gasteiger partial charge in [0.25, 0.3) is 0 Å². The maximum Gasteiger partial charge on any atom is 0.220 e. The van der Waals surface area contributed by atoms with Gasteiger partial charge in [0, 0.05) is 6.42 Å². The van der Waals surface area contributed by atoms with Gasteiger partial charge in [-0.2, -0.15) is 0 Å². The first-order valence-corrected chi connectivity index (χ1v) is 27.9. The van der Waals surface area contributed by atoms with Gasteiger partial charge in [-0.1, -0.05) is 154 Å². The topological polar surface area (TPSA) is 307 Å². The van der Waals surface area contributed by atoms with Crippen molar-refractivity contribution < 1.29 is 89.4 Å². The van der Waals surface area contributed by atoms with Gasteiger partial charge in [0.05, 0.1) is 38.6 Å². The molecule has 3 rings (SSSR count). The van der Waals surface area contributed by atoms with E-state index in [1.807, 2.05) is 0 Å². The third kappa shape index (κ3) is 23.0. The Morgan fingerprint density at radius 2 is 0.875 bits per heavy atom. The molecule has 1 amide bonds. The smallest absolute Gasteiger partial charge is 0.220 e. The fourth-order valence-corrected chi connectivity index (χ4v) is 9.66. The van der Waals surface area contributed by atoms with Gasteiger partial charge < -0.3 is 89.9 Å². The van der Waals surface area contributed by atoms with Crippen molar-refractivity contribution in [2.75, 3.05) is 26.4 Å². The van der Waals surface area contributed by atoms with Crippen molar-refractivity contribution in [1.82, 2.24) is 5.32 Å². The maximum absolute atomic E-state index is 13.3. The molecule has 17 unspecified atom stereocenters. The maximum atomic E-state index is 13.3. The van der Waals surface area contributed by atoms with Crippen molar-refractivity contribution in [3.8, 4) is 0 Å². The second-order valence-corrected chi connectivity index (χ2v) is 20.4. The summed E-state index contributed by atoms with van der Waals surface area (Å²) in [6, 6.07) is -0.883. The molecule has 3 fully saturated rings. The molecule has 19 nitrogen and oxygen atoms in total. The fourth-order valence-electron chi connectivity index (χ4n) is 9.66. The summed E-state index contributed by atoms with van der Waals surface area (Å²) in [6.07, 6.45) is 7.44. The minimum absolute atomic E-state index is 0.249. The van der Waals surface area contributed by atoms with E-state index in [4.69, 9.17) is 28.4 Å². The first-order chi connectivity index (χ1) is 34.8. The van der Waals surface area contributed by atoms with Crippen LogP contribution in [0.2, 0.25) is 0 Å². The van der Waals surface area contributed by atoms with Crippen molar-refractivity contribution >= 4 is 5.91 Å². The van der Waals surface area contributed by atoms with Crippen molar-refractivity contribution in [2.45, 2.75) is 291 Å². The minimum atomic E-state index is -1.97. The summed E-state index contributed by atoms with van der Waals surface area (Å²) in [5.41, 5.74) is 0. The van der Waals surface area contributed by atoms with E-state index in [0.29, 0.717) is 12.8 Å². The molecule has 0 aliphatic carbocycles. The zero-order valence-corrected chi connectivity index (χ0v) is 43.7. The van der Waals surface area contributed by atoms with Gasteiger partial charge in [-0.15, -0.1) is 0 Å². The van der Waals surface area contributed by atoms with Crippen LogP contribution in [0.5, 0.6) is 0 Å². The van der Waals surface area contributed by atoms with E-state index in [2.05, 4.69) is 31.3 Å². The summed E-state index contributed by atoms with van der Waals surface area (Å²) in [5, 5.41) is 120. The summed E-state index contributed by atoms with van der Waals surface area (Å²) in [4.78, 5) is 13.3. The van der Waals surface area contributed by atoms with E-state index in [9.17, 15) is 61.0 Å². The third-order valence-corrected chi connectivity index (χ3v) is 14.3. The van der Waals surface area contributed by atoms with Crippen molar-refractivity contribution in [3.05, 3.63) is 12.2 Å². The van der Waals surface area contributed by atoms with Crippen molar-refractivity contribution in [1.29, 1.82) is 0 Å². The van der Waals surface area contributed by atoms with Crippen LogP contribution in [-0.4, -0.2) is 193 Å². The summed E-state index contributed by atoms with van der Waals surface area (Å²) in [6.45, 7) is 1.74. The highest BCUT2D eigenvalue weighted by Crippen LogP contribution is 2.33. The Labute approximate surface area is 429 Å². The monoisotopic (exact) mass is 1040 g/mol. The van der Waals surface area contributed by atoms with Crippen LogP contribution in [0.3, 0.4) is 0 Å². The van der Waals surface area contributed by atoms with Crippen LogP contribution < -0.4 is 5.32 Å². The molecule has 0 aromatic rings. The largest absolute Gasteiger partial charge is 0.394 e. The molecular formula is C53H99NO18. The quantitative estimate of drug-likeness (QED) is 0.0309. The van der Waals surface area contributed by atoms with E-state index >= 15 is 0 Å². The van der Waals surface area contributed by atoms with Gasteiger partial charge in [0.15, 0.2) is 18.9 Å². The summed E-state index contributed by atoms with van der Waals surface area (Å²) in [7, 11) is 0. The number of hydrogen-bond acceptors (Lipinski definition) is 18. The molecule has 424 valence electrons. The number of amides is 1. The number of hydrogen-bond donors (Lipinski definition) is 12. The number of aliphatic hydroxyl groups excluding tert-OH is 11. The van der Waals surface area contributed by atoms with Gasteiger partial charge in [-0.05, 0) is 38.5 Å². The number of aliphatic hydroxyl groups is 11. The summed E-state index contributed by atoms with van der Waals surface area (Å²) < 4.78 is 34.2. The number of nitrogens with one attached hydrogen (secondary N) is 1. The van der Waals surface area contributed by atoms with E-state index in [-0.39, 0.29) is 18.9 Å². The van der Waals surface area contributed by atoms with E-state index in [0.717, 1.165) is 57.8 Å². The molecule has 19 heteroatoms. The highest BCUT2D eigenvalue weighted by Gasteiger charge is 2.53. The van der Waals surface area contributed by atoms with Gasteiger partial charge in [-0.25, -0.2) is 0 Å². The average molecular weight is 1040 g/mol. The lowest BCUT2D eigenvalue weighted by Crippen LogP contribution is -2.66. The molecule has 17 atom stereocenters. The van der Waals surface area contributed by atoms with Crippen LogP contribution in [0, 0.1) is 0 Å². The molecule has 3 aliphatic rings. The lowest BCUT2D eigenvalue weighted by Gasteiger charge is -2.48. The van der Waals surface area contributed by atoms with Crippen molar-refractivity contribution in [3.63, 3.8) is 0 Å². The van der Waals surface area contributed by atoms with Crippen LogP contribution in [0.15, 0.2) is 12.2 Å². The van der Waals surface area contributed by atoms with Crippen LogP contribution in [0.4, 0.5) is 0 Å². The van der Waals surface area contributed by atoms with Gasteiger partial charge >= 0.3 is 0 Å². The Morgan fingerprint density at radius 1 is 0.486 bits per heavy atom. The fraction of sp³-hybridized carbons (Fsp3) is 0.943. The number of allylic oxidation sites excluding steroid dienone is 2. The lowest BCUT2D eigenvalue weighted by molar-refractivity contribution is -0.379. The number of carbonyl (C=O) groups excluding carboxylic acids is 1. The molecule has 3 heterocycles. The highest BCUT2D eigenvalue weighted by atomic mass is 16.8. The average Bonchev–Trinajstić information content (AvgIpc) is 3.37. The second-order valence-electron chi connectivity index (χ2n) is 20.4. The van der Waals surface area contributed by atoms with Crippen LogP contribution >= 0.6 is 0 Å². The first kappa shape index (κ1) is 64.8. The molecule has 0 aromatic heterocycles. The predicted octanol–water partition coefficient (Wildman–Crippen LogP) is 3.43. The molecular weight excluding hydrogens is 939 g/mol. The number of unbranched alkanes of at least 4 members (excludes halogenated alkanes) is 22. The predicted molar refractivity (Wildman–Crippen MR) is 268 cm³/mol. The molecule has 72 heavy (non-hydrogen) atoms. The molecule has 12 N–H and O–H groups in total. The molecule has 0 aromatic carbocycles. The normalized spacial score (nSPS) is 32.0. The van der Waals surface area contributed by atoms with E-state index < -0.39 is 124 Å². The molecule has 0 bridgehead atoms. The van der Waals surface area contributed by atoms with Gasteiger partial charge in [0.1, 0.15) is 73.2 Å². The third-order valence-electron chi connectivity index (χ3n) is 14.3. The van der Waals surface area contributed by atoms with Gasteiger partial charge in [-0.3, -0.25) is 4.79 Å². The molecule has 3 aliphatic heterocycles. The number of rotatable bonds is 40. The Kier molecular flexibility index (Phi) is 34.3. The Bertz CT molecular complexity index is 1380. The van der Waals surface area contributed by atoms with Crippen LogP contribution in [0.25, 0.3) is 0 Å². The van der Waals surface area contributed by atoms with Gasteiger partial charge in [0.2, 0.25) is 5.91 Å². The van der Waals surface area contributed by atoms with Crippen LogP contribution in [-0.2, 0) is 33.2 Å². The Hall–Kier alpha value is -1.47. The second kappa shape index (κ2) is 38.1. The van der Waals surface area contributed by atoms with E-state index in [1.54, 1.807) is 0 Å². The Morgan fingerprint density at radius 3 is 1.35 bits per heavy atom. The molecule has 0 spiro atoms. The first-order valence-electron chi connectivity index (χ1n) is 27.9. The summed E-state index contributed by atoms with van der Waals surface area (Å²) in [5.74, 6) is -0.249. The summed E-state index contributed by atoms with van der Waals surface area (Å²) >= 11 is 0. The standard InChI is InChI=1S/C53H99NO18/c1-3-5-7-9-11-13-15-16-17-18-19-20-21-23-25-27-29-31-41(59)54-36(37(58)30-28-26-24-22-14-12-10-8-6-4-2)35-67-51-47(65)44(62)49(39(33-56)69-51)72-53-48(66)45(63)50(40(34-57)70-53)71-52-46(64)43(61)42(60)38(32-55)68-52/h16-17,36-40,42-53,55-58,60-66H,3-15,18-35H2,1-2H3,(H,54,59)/b17-16-.